The molecule has 0 unspecified atom stereocenters. The standard InChI is InChI=1S/C27H28N4O4/c32-26(19-7-3-1-4-8-19)28-20-9-11-23(31-13-5-2-6-14-31)22(17-20)30-27(33)29-21-10-12-24-25(18-21)35-16-15-34-24/h1,3-4,7-12,17-18H,2,5-6,13-16H2,(H,28,32)(H2,29,30,33). The zero-order valence-corrected chi connectivity index (χ0v) is 19.4. The van der Waals surface area contributed by atoms with Crippen LogP contribution in [0.1, 0.15) is 29.6 Å². The van der Waals surface area contributed by atoms with E-state index in [0.717, 1.165) is 31.6 Å². The molecule has 2 aliphatic rings. The Morgan fingerprint density at radius 3 is 2.23 bits per heavy atom. The van der Waals surface area contributed by atoms with Crippen molar-refractivity contribution in [3.63, 3.8) is 0 Å². The summed E-state index contributed by atoms with van der Waals surface area (Å²) in [5.41, 5.74) is 3.33. The van der Waals surface area contributed by atoms with E-state index in [1.165, 1.54) is 6.42 Å². The van der Waals surface area contributed by atoms with Gasteiger partial charge in [-0.25, -0.2) is 4.79 Å². The number of amides is 3. The molecule has 5 rings (SSSR count). The number of hydrogen-bond donors (Lipinski definition) is 3. The maximum Gasteiger partial charge on any atom is 0.323 e. The lowest BCUT2D eigenvalue weighted by Gasteiger charge is -2.31. The Morgan fingerprint density at radius 1 is 0.714 bits per heavy atom. The second kappa shape index (κ2) is 10.4. The normalized spacial score (nSPS) is 14.7. The van der Waals surface area contributed by atoms with E-state index in [2.05, 4.69) is 20.9 Å². The van der Waals surface area contributed by atoms with Gasteiger partial charge in [0.25, 0.3) is 5.91 Å². The first-order valence-electron chi connectivity index (χ1n) is 11.9. The van der Waals surface area contributed by atoms with E-state index in [-0.39, 0.29) is 11.9 Å². The molecule has 0 spiro atoms. The van der Waals surface area contributed by atoms with E-state index < -0.39 is 0 Å². The monoisotopic (exact) mass is 472 g/mol. The van der Waals surface area contributed by atoms with Gasteiger partial charge in [0.05, 0.1) is 11.4 Å². The number of nitrogens with zero attached hydrogens (tertiary/aromatic N) is 1. The molecule has 1 saturated heterocycles. The number of ether oxygens (including phenoxy) is 2. The molecule has 3 aromatic rings. The SMILES string of the molecule is O=C(Nc1ccc2c(c1)OCCO2)Nc1cc(NC(=O)c2ccccc2)ccc1N1CCCCC1. The number of urea groups is 1. The fourth-order valence-corrected chi connectivity index (χ4v) is 4.32. The van der Waals surface area contributed by atoms with Crippen molar-refractivity contribution in [2.75, 3.05) is 47.2 Å². The number of carbonyl (C=O) groups is 2. The van der Waals surface area contributed by atoms with Gasteiger partial charge in [-0.2, -0.15) is 0 Å². The summed E-state index contributed by atoms with van der Waals surface area (Å²) >= 11 is 0. The van der Waals surface area contributed by atoms with Crippen LogP contribution in [-0.4, -0.2) is 38.2 Å². The first-order chi connectivity index (χ1) is 17.2. The van der Waals surface area contributed by atoms with Crippen LogP contribution in [0.25, 0.3) is 0 Å². The molecule has 0 aromatic heterocycles. The van der Waals surface area contributed by atoms with Crippen LogP contribution in [0.4, 0.5) is 27.5 Å². The van der Waals surface area contributed by atoms with E-state index in [1.807, 2.05) is 30.3 Å². The number of piperidine rings is 1. The van der Waals surface area contributed by atoms with Crippen LogP contribution in [0.5, 0.6) is 11.5 Å². The third kappa shape index (κ3) is 5.48. The Kier molecular flexibility index (Phi) is 6.70. The molecule has 35 heavy (non-hydrogen) atoms. The summed E-state index contributed by atoms with van der Waals surface area (Å²) in [5, 5.41) is 8.77. The Hall–Kier alpha value is -4.20. The second-order valence-corrected chi connectivity index (χ2v) is 8.54. The minimum absolute atomic E-state index is 0.206. The largest absolute Gasteiger partial charge is 0.486 e. The number of fused-ring (bicyclic) bond motifs is 1. The summed E-state index contributed by atoms with van der Waals surface area (Å²) in [5.74, 6) is 1.06. The van der Waals surface area contributed by atoms with Crippen molar-refractivity contribution in [2.24, 2.45) is 0 Å². The average Bonchev–Trinajstić information content (AvgIpc) is 2.90. The van der Waals surface area contributed by atoms with Crippen molar-refractivity contribution in [1.82, 2.24) is 0 Å². The molecule has 2 aliphatic heterocycles. The molecule has 8 heteroatoms. The Morgan fingerprint density at radius 2 is 1.43 bits per heavy atom. The summed E-state index contributed by atoms with van der Waals surface area (Å²) in [4.78, 5) is 27.9. The molecule has 3 N–H and O–H groups in total. The third-order valence-corrected chi connectivity index (χ3v) is 6.04. The van der Waals surface area contributed by atoms with Crippen molar-refractivity contribution < 1.29 is 19.1 Å². The maximum absolute atomic E-state index is 12.9. The molecule has 0 radical (unpaired) electrons. The van der Waals surface area contributed by atoms with Crippen LogP contribution in [-0.2, 0) is 0 Å². The van der Waals surface area contributed by atoms with Crippen molar-refractivity contribution >= 4 is 34.7 Å². The van der Waals surface area contributed by atoms with Crippen LogP contribution < -0.4 is 30.3 Å². The second-order valence-electron chi connectivity index (χ2n) is 8.54. The fraction of sp³-hybridized carbons (Fsp3) is 0.259. The summed E-state index contributed by atoms with van der Waals surface area (Å²) in [6.07, 6.45) is 3.42. The number of rotatable bonds is 5. The van der Waals surface area contributed by atoms with Crippen LogP contribution >= 0.6 is 0 Å². The number of carbonyl (C=O) groups excluding carboxylic acids is 2. The number of hydrogen-bond acceptors (Lipinski definition) is 5. The van der Waals surface area contributed by atoms with Gasteiger partial charge >= 0.3 is 6.03 Å². The van der Waals surface area contributed by atoms with Crippen molar-refractivity contribution in [2.45, 2.75) is 19.3 Å². The highest BCUT2D eigenvalue weighted by molar-refractivity contribution is 6.06. The Bertz CT molecular complexity index is 1210. The molecule has 8 nitrogen and oxygen atoms in total. The smallest absolute Gasteiger partial charge is 0.323 e. The predicted octanol–water partition coefficient (Wildman–Crippen LogP) is 5.34. The molecule has 3 amide bonds. The van der Waals surface area contributed by atoms with Gasteiger partial charge in [-0.1, -0.05) is 18.2 Å². The fourth-order valence-electron chi connectivity index (χ4n) is 4.32. The van der Waals surface area contributed by atoms with Gasteiger partial charge < -0.3 is 30.3 Å². The van der Waals surface area contributed by atoms with Gasteiger partial charge in [-0.05, 0) is 61.7 Å². The first-order valence-corrected chi connectivity index (χ1v) is 11.9. The summed E-state index contributed by atoms with van der Waals surface area (Å²) in [6.45, 7) is 2.84. The molecule has 0 atom stereocenters. The van der Waals surface area contributed by atoms with Crippen molar-refractivity contribution in [3.8, 4) is 11.5 Å². The summed E-state index contributed by atoms with van der Waals surface area (Å²) in [7, 11) is 0. The van der Waals surface area contributed by atoms with Gasteiger partial charge in [-0.3, -0.25) is 4.79 Å². The van der Waals surface area contributed by atoms with Crippen LogP contribution in [0, 0.1) is 0 Å². The van der Waals surface area contributed by atoms with E-state index in [1.54, 1.807) is 36.4 Å². The topological polar surface area (TPSA) is 91.9 Å². The third-order valence-electron chi connectivity index (χ3n) is 6.04. The van der Waals surface area contributed by atoms with Crippen molar-refractivity contribution in [1.29, 1.82) is 0 Å². The lowest BCUT2D eigenvalue weighted by molar-refractivity contribution is 0.102. The molecule has 0 aliphatic carbocycles. The molecule has 180 valence electrons. The van der Waals surface area contributed by atoms with Crippen molar-refractivity contribution in [3.05, 3.63) is 72.3 Å². The molecule has 2 heterocycles. The highest BCUT2D eigenvalue weighted by Crippen LogP contribution is 2.34. The zero-order valence-electron chi connectivity index (χ0n) is 19.4. The number of nitrogens with one attached hydrogen (secondary N) is 3. The Balaban J connectivity index is 1.35. The molecule has 1 fully saturated rings. The highest BCUT2D eigenvalue weighted by atomic mass is 16.6. The number of benzene rings is 3. The van der Waals surface area contributed by atoms with Gasteiger partial charge in [0.15, 0.2) is 11.5 Å². The lowest BCUT2D eigenvalue weighted by atomic mass is 10.1. The van der Waals surface area contributed by atoms with Crippen LogP contribution in [0.15, 0.2) is 66.7 Å². The Labute approximate surface area is 204 Å². The van der Waals surface area contributed by atoms with Gasteiger partial charge in [-0.15, -0.1) is 0 Å². The summed E-state index contributed by atoms with van der Waals surface area (Å²) < 4.78 is 11.2. The van der Waals surface area contributed by atoms with Gasteiger partial charge in [0.2, 0.25) is 0 Å². The molecular weight excluding hydrogens is 444 g/mol. The minimum Gasteiger partial charge on any atom is -0.486 e. The minimum atomic E-state index is -0.383. The molecule has 0 saturated carbocycles. The van der Waals surface area contributed by atoms with E-state index >= 15 is 0 Å². The van der Waals surface area contributed by atoms with Gasteiger partial charge in [0, 0.05) is 36.1 Å². The predicted molar refractivity (Wildman–Crippen MR) is 137 cm³/mol. The quantitative estimate of drug-likeness (QED) is 0.466. The lowest BCUT2D eigenvalue weighted by Crippen LogP contribution is -2.31. The molecule has 3 aromatic carbocycles. The van der Waals surface area contributed by atoms with E-state index in [0.29, 0.717) is 47.3 Å². The highest BCUT2D eigenvalue weighted by Gasteiger charge is 2.18. The molecule has 0 bridgehead atoms. The van der Waals surface area contributed by atoms with Gasteiger partial charge in [0.1, 0.15) is 13.2 Å². The van der Waals surface area contributed by atoms with Crippen LogP contribution in [0.2, 0.25) is 0 Å². The maximum atomic E-state index is 12.9. The number of anilines is 4. The first kappa shape index (κ1) is 22.6. The van der Waals surface area contributed by atoms with E-state index in [9.17, 15) is 9.59 Å². The molecular formula is C27H28N4O4. The summed E-state index contributed by atoms with van der Waals surface area (Å²) in [6, 6.07) is 19.6. The zero-order chi connectivity index (χ0) is 24.0. The average molecular weight is 473 g/mol. The van der Waals surface area contributed by atoms with Crippen LogP contribution in [0.3, 0.4) is 0 Å². The van der Waals surface area contributed by atoms with E-state index in [4.69, 9.17) is 9.47 Å².